The molecule has 1 saturated heterocycles. The number of esters is 1. The number of hydrogen-bond acceptors (Lipinski definition) is 6. The summed E-state index contributed by atoms with van der Waals surface area (Å²) in [5, 5.41) is 11.7. The number of carbonyl (C=O) groups excluding carboxylic acids is 1. The van der Waals surface area contributed by atoms with Gasteiger partial charge in [-0.25, -0.2) is 22.9 Å². The molecular weight excluding hydrogens is 463 g/mol. The Morgan fingerprint density at radius 3 is 2.60 bits per heavy atom. The molecule has 182 valence electrons. The Balaban J connectivity index is 1.59. The average Bonchev–Trinajstić information content (AvgIpc) is 3.15. The topological polar surface area (TPSA) is 84.7 Å². The number of aliphatic hydroxyl groups is 1. The molecule has 3 aromatic rings. The van der Waals surface area contributed by atoms with Crippen LogP contribution in [0.5, 0.6) is 0 Å². The number of fused-ring (bicyclic) bond motifs is 5. The van der Waals surface area contributed by atoms with Crippen LogP contribution in [0.2, 0.25) is 0 Å². The largest absolute Gasteiger partial charge is 0.458 e. The second-order valence-corrected chi connectivity index (χ2v) is 9.64. The number of hydrogen-bond donors (Lipinski definition) is 1. The van der Waals surface area contributed by atoms with Crippen LogP contribution in [0.4, 0.5) is 13.2 Å². The van der Waals surface area contributed by atoms with Crippen LogP contribution in [0.1, 0.15) is 41.2 Å². The molecule has 6 rings (SSSR count). The van der Waals surface area contributed by atoms with E-state index >= 15 is 0 Å². The van der Waals surface area contributed by atoms with Crippen molar-refractivity contribution in [1.29, 1.82) is 0 Å². The molecule has 1 atom stereocenters. The van der Waals surface area contributed by atoms with Gasteiger partial charge in [-0.1, -0.05) is 6.92 Å². The van der Waals surface area contributed by atoms with Gasteiger partial charge in [0, 0.05) is 29.1 Å². The predicted molar refractivity (Wildman–Crippen MR) is 119 cm³/mol. The lowest BCUT2D eigenvalue weighted by Gasteiger charge is -2.39. The minimum Gasteiger partial charge on any atom is -0.458 e. The molecule has 0 saturated carbocycles. The lowest BCUT2D eigenvalue weighted by Crippen LogP contribution is -2.55. The molecule has 0 radical (unpaired) electrons. The van der Waals surface area contributed by atoms with E-state index in [9.17, 15) is 27.9 Å². The molecule has 3 aliphatic rings. The molecule has 0 amide bonds. The molecule has 0 spiro atoms. The fourth-order valence-corrected chi connectivity index (χ4v) is 5.42. The number of nitrogens with zero attached hydrogens (tertiary/aromatic N) is 3. The summed E-state index contributed by atoms with van der Waals surface area (Å²) < 4.78 is 48.2. The van der Waals surface area contributed by atoms with E-state index in [0.717, 1.165) is 0 Å². The minimum atomic E-state index is -2.75. The van der Waals surface area contributed by atoms with Crippen molar-refractivity contribution in [2.45, 2.75) is 51.5 Å². The number of likely N-dealkylation sites (tertiary alicyclic amines) is 1. The number of benzene rings is 1. The van der Waals surface area contributed by atoms with E-state index in [1.54, 1.807) is 30.9 Å². The van der Waals surface area contributed by atoms with Crippen LogP contribution in [-0.4, -0.2) is 44.5 Å². The Labute approximate surface area is 197 Å². The SMILES string of the molecule is CC[C@@]1(O)C(=O)OCc2c1cc1n(c2=O)Cc2c-1nc1cc(F)c(C)cc1c2CN1CC(F)(F)C1. The standard InChI is InChI=1S/C25H22F3N3O4/c1-3-25(34)17-5-20-21-15(8-31(20)22(32)16(17)9-35-23(25)33)14(7-30-10-24(27,28)11-30)13-4-12(2)18(26)6-19(13)29-21/h4-6,34H,3,7-11H2,1-2H3/t25-/m0/s1. The fourth-order valence-electron chi connectivity index (χ4n) is 5.42. The molecule has 5 heterocycles. The molecule has 1 aromatic carbocycles. The van der Waals surface area contributed by atoms with Crippen LogP contribution < -0.4 is 5.56 Å². The summed E-state index contributed by atoms with van der Waals surface area (Å²) in [6, 6.07) is 4.54. The Hall–Kier alpha value is -3.24. The predicted octanol–water partition coefficient (Wildman–Crippen LogP) is 2.98. The van der Waals surface area contributed by atoms with Gasteiger partial charge in [-0.3, -0.25) is 9.69 Å². The molecule has 7 nitrogen and oxygen atoms in total. The summed E-state index contributed by atoms with van der Waals surface area (Å²) in [4.78, 5) is 32.1. The number of carbonyl (C=O) groups is 1. The first-order valence-corrected chi connectivity index (χ1v) is 11.4. The Kier molecular flexibility index (Phi) is 4.54. The van der Waals surface area contributed by atoms with Crippen LogP contribution in [0.3, 0.4) is 0 Å². The number of pyridine rings is 2. The van der Waals surface area contributed by atoms with Crippen LogP contribution in [0.15, 0.2) is 23.0 Å². The lowest BCUT2D eigenvalue weighted by atomic mass is 9.86. The first kappa shape index (κ1) is 22.2. The zero-order valence-electron chi connectivity index (χ0n) is 19.1. The van der Waals surface area contributed by atoms with Crippen molar-refractivity contribution in [1.82, 2.24) is 14.5 Å². The van der Waals surface area contributed by atoms with Crippen LogP contribution in [-0.2, 0) is 34.8 Å². The summed E-state index contributed by atoms with van der Waals surface area (Å²) in [6.45, 7) is 2.58. The van der Waals surface area contributed by atoms with Gasteiger partial charge >= 0.3 is 5.97 Å². The highest BCUT2D eigenvalue weighted by Gasteiger charge is 2.46. The fraction of sp³-hybridized carbons (Fsp3) is 0.400. The highest BCUT2D eigenvalue weighted by atomic mass is 19.3. The third-order valence-corrected chi connectivity index (χ3v) is 7.38. The molecule has 0 aliphatic carbocycles. The number of cyclic esters (lactones) is 1. The maximum atomic E-state index is 14.5. The zero-order chi connectivity index (χ0) is 24.9. The summed E-state index contributed by atoms with van der Waals surface area (Å²) >= 11 is 0. The molecule has 0 unspecified atom stereocenters. The molecule has 10 heteroatoms. The van der Waals surface area contributed by atoms with Crippen molar-refractivity contribution < 1.29 is 27.8 Å². The maximum absolute atomic E-state index is 14.5. The number of alkyl halides is 2. The zero-order valence-corrected chi connectivity index (χ0v) is 19.1. The number of aryl methyl sites for hydroxylation is 1. The number of halogens is 3. The van der Waals surface area contributed by atoms with Crippen molar-refractivity contribution in [3.8, 4) is 11.4 Å². The van der Waals surface area contributed by atoms with Crippen molar-refractivity contribution in [3.05, 3.63) is 62.2 Å². The number of rotatable bonds is 3. The maximum Gasteiger partial charge on any atom is 0.343 e. The summed E-state index contributed by atoms with van der Waals surface area (Å²) in [6.07, 6.45) is 0.0125. The first-order chi connectivity index (χ1) is 16.5. The van der Waals surface area contributed by atoms with Gasteiger partial charge in [0.15, 0.2) is 5.60 Å². The van der Waals surface area contributed by atoms with Crippen molar-refractivity contribution in [2.75, 3.05) is 13.1 Å². The summed E-state index contributed by atoms with van der Waals surface area (Å²) in [7, 11) is 0. The van der Waals surface area contributed by atoms with Gasteiger partial charge in [-0.05, 0) is 36.6 Å². The quantitative estimate of drug-likeness (QED) is 0.450. The first-order valence-electron chi connectivity index (χ1n) is 11.4. The minimum absolute atomic E-state index is 0.0125. The van der Waals surface area contributed by atoms with Crippen molar-refractivity contribution >= 4 is 16.9 Å². The molecular formula is C25H22F3N3O4. The van der Waals surface area contributed by atoms with E-state index in [-0.39, 0.29) is 50.3 Å². The van der Waals surface area contributed by atoms with Gasteiger partial charge in [0.1, 0.15) is 12.4 Å². The van der Waals surface area contributed by atoms with Gasteiger partial charge in [0.2, 0.25) is 0 Å². The summed E-state index contributed by atoms with van der Waals surface area (Å²) in [5.74, 6) is -4.02. The van der Waals surface area contributed by atoms with Crippen molar-refractivity contribution in [3.63, 3.8) is 0 Å². The smallest absolute Gasteiger partial charge is 0.343 e. The third kappa shape index (κ3) is 3.09. The highest BCUT2D eigenvalue weighted by Crippen LogP contribution is 2.41. The van der Waals surface area contributed by atoms with Gasteiger partial charge in [0.25, 0.3) is 11.5 Å². The second kappa shape index (κ2) is 7.14. The summed E-state index contributed by atoms with van der Waals surface area (Å²) in [5.41, 5.74) is 0.956. The third-order valence-electron chi connectivity index (χ3n) is 7.38. The highest BCUT2D eigenvalue weighted by molar-refractivity contribution is 5.89. The number of aromatic nitrogens is 2. The molecule has 1 N–H and O–H groups in total. The Bertz CT molecular complexity index is 1510. The second-order valence-electron chi connectivity index (χ2n) is 9.64. The molecule has 2 aromatic heterocycles. The van der Waals surface area contributed by atoms with Gasteiger partial charge in [0.05, 0.1) is 42.1 Å². The van der Waals surface area contributed by atoms with Gasteiger partial charge in [-0.2, -0.15) is 0 Å². The van der Waals surface area contributed by atoms with Gasteiger partial charge in [-0.15, -0.1) is 0 Å². The van der Waals surface area contributed by atoms with Crippen LogP contribution >= 0.6 is 0 Å². The molecule has 35 heavy (non-hydrogen) atoms. The van der Waals surface area contributed by atoms with Gasteiger partial charge < -0.3 is 14.4 Å². The Morgan fingerprint density at radius 2 is 1.91 bits per heavy atom. The normalized spacial score (nSPS) is 22.4. The average molecular weight is 485 g/mol. The lowest BCUT2D eigenvalue weighted by molar-refractivity contribution is -0.172. The molecule has 0 bridgehead atoms. The van der Waals surface area contributed by atoms with E-state index in [2.05, 4.69) is 4.98 Å². The van der Waals surface area contributed by atoms with E-state index in [4.69, 9.17) is 4.74 Å². The Morgan fingerprint density at radius 1 is 1.17 bits per heavy atom. The van der Waals surface area contributed by atoms with Crippen LogP contribution in [0.25, 0.3) is 22.3 Å². The van der Waals surface area contributed by atoms with E-state index in [1.165, 1.54) is 10.6 Å². The van der Waals surface area contributed by atoms with Crippen molar-refractivity contribution in [2.24, 2.45) is 0 Å². The molecule has 3 aliphatic heterocycles. The van der Waals surface area contributed by atoms with E-state index in [1.807, 2.05) is 0 Å². The monoisotopic (exact) mass is 485 g/mol. The number of ether oxygens (including phenoxy) is 1. The van der Waals surface area contributed by atoms with Crippen LogP contribution in [0, 0.1) is 12.7 Å². The van der Waals surface area contributed by atoms with E-state index < -0.39 is 28.9 Å². The molecule has 1 fully saturated rings. The van der Waals surface area contributed by atoms with E-state index in [0.29, 0.717) is 39.0 Å².